The van der Waals surface area contributed by atoms with Crippen LogP contribution in [0.25, 0.3) is 0 Å². The standard InChI is InChI=1S/C8H8N2O2/c1-5-7(3-11)10-6(2)8(4-12)9-5/h3-4H,1-2H3. The Balaban J connectivity index is 3.34. The number of aryl methyl sites for hydroxylation is 2. The van der Waals surface area contributed by atoms with Crippen molar-refractivity contribution in [1.29, 1.82) is 0 Å². The van der Waals surface area contributed by atoms with Crippen LogP contribution in [0, 0.1) is 13.8 Å². The van der Waals surface area contributed by atoms with E-state index in [-0.39, 0.29) is 11.4 Å². The molecule has 0 saturated carbocycles. The van der Waals surface area contributed by atoms with Gasteiger partial charge < -0.3 is 0 Å². The lowest BCUT2D eigenvalue weighted by Crippen LogP contribution is -2.03. The molecule has 4 nitrogen and oxygen atoms in total. The molecule has 0 radical (unpaired) electrons. The fourth-order valence-corrected chi connectivity index (χ4v) is 0.861. The van der Waals surface area contributed by atoms with E-state index in [1.54, 1.807) is 13.8 Å². The summed E-state index contributed by atoms with van der Waals surface area (Å²) in [7, 11) is 0. The fourth-order valence-electron chi connectivity index (χ4n) is 0.861. The lowest BCUT2D eigenvalue weighted by molar-refractivity contribution is 0.110. The predicted molar refractivity (Wildman–Crippen MR) is 42.3 cm³/mol. The van der Waals surface area contributed by atoms with Crippen LogP contribution in [0.2, 0.25) is 0 Å². The zero-order valence-electron chi connectivity index (χ0n) is 6.87. The van der Waals surface area contributed by atoms with Gasteiger partial charge in [-0.3, -0.25) is 9.59 Å². The normalized spacial score (nSPS) is 9.50. The van der Waals surface area contributed by atoms with Gasteiger partial charge in [0.1, 0.15) is 11.4 Å². The maximum atomic E-state index is 10.4. The lowest BCUT2D eigenvalue weighted by Gasteiger charge is -2.00. The van der Waals surface area contributed by atoms with Gasteiger partial charge in [0.05, 0.1) is 11.4 Å². The van der Waals surface area contributed by atoms with Crippen LogP contribution in [0.1, 0.15) is 32.4 Å². The molecule has 0 aliphatic rings. The van der Waals surface area contributed by atoms with Gasteiger partial charge in [0.15, 0.2) is 12.6 Å². The Bertz CT molecular complexity index is 300. The first kappa shape index (κ1) is 8.52. The molecule has 1 aromatic heterocycles. The third-order valence-electron chi connectivity index (χ3n) is 1.54. The van der Waals surface area contributed by atoms with Gasteiger partial charge in [-0.25, -0.2) is 9.97 Å². The number of carbonyl (C=O) groups is 2. The van der Waals surface area contributed by atoms with E-state index in [0.29, 0.717) is 24.0 Å². The summed E-state index contributed by atoms with van der Waals surface area (Å²) in [6.07, 6.45) is 1.26. The summed E-state index contributed by atoms with van der Waals surface area (Å²) >= 11 is 0. The van der Waals surface area contributed by atoms with Crippen LogP contribution >= 0.6 is 0 Å². The number of carbonyl (C=O) groups excluding carboxylic acids is 2. The molecule has 12 heavy (non-hydrogen) atoms. The van der Waals surface area contributed by atoms with E-state index in [1.807, 2.05) is 0 Å². The highest BCUT2D eigenvalue weighted by Crippen LogP contribution is 2.03. The van der Waals surface area contributed by atoms with Crippen molar-refractivity contribution in [2.45, 2.75) is 13.8 Å². The number of nitrogens with zero attached hydrogens (tertiary/aromatic N) is 2. The number of hydrogen-bond acceptors (Lipinski definition) is 4. The first-order valence-corrected chi connectivity index (χ1v) is 3.44. The maximum absolute atomic E-state index is 10.4. The highest BCUT2D eigenvalue weighted by Gasteiger charge is 2.05. The summed E-state index contributed by atoms with van der Waals surface area (Å²) in [5.41, 5.74) is 1.55. The molecule has 0 spiro atoms. The summed E-state index contributed by atoms with van der Waals surface area (Å²) < 4.78 is 0. The summed E-state index contributed by atoms with van der Waals surface area (Å²) in [4.78, 5) is 28.6. The molecular formula is C8H8N2O2. The molecule has 1 aromatic rings. The van der Waals surface area contributed by atoms with Crippen molar-refractivity contribution in [2.24, 2.45) is 0 Å². The number of aromatic nitrogens is 2. The zero-order valence-corrected chi connectivity index (χ0v) is 6.87. The molecule has 0 fully saturated rings. The average molecular weight is 164 g/mol. The van der Waals surface area contributed by atoms with Crippen LogP contribution in [0.4, 0.5) is 0 Å². The van der Waals surface area contributed by atoms with E-state index >= 15 is 0 Å². The van der Waals surface area contributed by atoms with Crippen molar-refractivity contribution in [3.63, 3.8) is 0 Å². The van der Waals surface area contributed by atoms with Crippen LogP contribution < -0.4 is 0 Å². The second-order valence-electron chi connectivity index (χ2n) is 2.40. The summed E-state index contributed by atoms with van der Waals surface area (Å²) in [5.74, 6) is 0. The first-order chi connectivity index (χ1) is 5.69. The average Bonchev–Trinajstić information content (AvgIpc) is 2.08. The number of rotatable bonds is 2. The summed E-state index contributed by atoms with van der Waals surface area (Å²) in [6.45, 7) is 3.28. The Hall–Kier alpha value is -1.58. The molecule has 0 N–H and O–H groups in total. The lowest BCUT2D eigenvalue weighted by atomic mass is 10.3. The number of aldehydes is 2. The molecule has 0 atom stereocenters. The SMILES string of the molecule is Cc1nc(C=O)c(C)nc1C=O. The van der Waals surface area contributed by atoms with E-state index < -0.39 is 0 Å². The molecule has 0 bridgehead atoms. The fraction of sp³-hybridized carbons (Fsp3) is 0.250. The van der Waals surface area contributed by atoms with Gasteiger partial charge >= 0.3 is 0 Å². The van der Waals surface area contributed by atoms with Crippen LogP contribution in [0.5, 0.6) is 0 Å². The largest absolute Gasteiger partial charge is 0.296 e. The van der Waals surface area contributed by atoms with Crippen molar-refractivity contribution < 1.29 is 9.59 Å². The molecule has 0 amide bonds. The highest BCUT2D eigenvalue weighted by molar-refractivity contribution is 5.77. The molecule has 1 heterocycles. The van der Waals surface area contributed by atoms with Crippen molar-refractivity contribution in [1.82, 2.24) is 9.97 Å². The summed E-state index contributed by atoms with van der Waals surface area (Å²) in [5, 5.41) is 0. The van der Waals surface area contributed by atoms with Crippen molar-refractivity contribution in [3.05, 3.63) is 22.8 Å². The van der Waals surface area contributed by atoms with Crippen molar-refractivity contribution >= 4 is 12.6 Å². The molecule has 0 aliphatic heterocycles. The van der Waals surface area contributed by atoms with E-state index in [2.05, 4.69) is 9.97 Å². The molecule has 4 heteroatoms. The molecule has 1 rings (SSSR count). The molecule has 0 aliphatic carbocycles. The summed E-state index contributed by atoms with van der Waals surface area (Å²) in [6, 6.07) is 0. The van der Waals surface area contributed by atoms with Gasteiger partial charge in [0, 0.05) is 0 Å². The quantitative estimate of drug-likeness (QED) is 0.604. The third-order valence-corrected chi connectivity index (χ3v) is 1.54. The minimum atomic E-state index is 0.290. The Morgan fingerprint density at radius 3 is 1.50 bits per heavy atom. The second kappa shape index (κ2) is 3.21. The van der Waals surface area contributed by atoms with Crippen LogP contribution in [0.15, 0.2) is 0 Å². The first-order valence-electron chi connectivity index (χ1n) is 3.44. The van der Waals surface area contributed by atoms with Crippen molar-refractivity contribution in [2.75, 3.05) is 0 Å². The van der Waals surface area contributed by atoms with Gasteiger partial charge in [0.25, 0.3) is 0 Å². The van der Waals surface area contributed by atoms with E-state index in [4.69, 9.17) is 0 Å². The van der Waals surface area contributed by atoms with Gasteiger partial charge in [-0.15, -0.1) is 0 Å². The zero-order chi connectivity index (χ0) is 9.14. The van der Waals surface area contributed by atoms with Gasteiger partial charge in [-0.1, -0.05) is 0 Å². The maximum Gasteiger partial charge on any atom is 0.170 e. The van der Waals surface area contributed by atoms with E-state index in [1.165, 1.54) is 0 Å². The number of hydrogen-bond donors (Lipinski definition) is 0. The Morgan fingerprint density at radius 2 is 1.25 bits per heavy atom. The third kappa shape index (κ3) is 1.37. The molecular weight excluding hydrogens is 156 g/mol. The van der Waals surface area contributed by atoms with Crippen LogP contribution in [-0.4, -0.2) is 22.5 Å². The smallest absolute Gasteiger partial charge is 0.170 e. The monoisotopic (exact) mass is 164 g/mol. The Kier molecular flexibility index (Phi) is 2.28. The van der Waals surface area contributed by atoms with Crippen molar-refractivity contribution in [3.8, 4) is 0 Å². The molecule has 0 aromatic carbocycles. The van der Waals surface area contributed by atoms with E-state index in [0.717, 1.165) is 0 Å². The Labute approximate surface area is 69.7 Å². The predicted octanol–water partition coefficient (Wildman–Crippen LogP) is 0.718. The van der Waals surface area contributed by atoms with Gasteiger partial charge in [-0.2, -0.15) is 0 Å². The van der Waals surface area contributed by atoms with Gasteiger partial charge in [0.2, 0.25) is 0 Å². The minimum absolute atomic E-state index is 0.290. The van der Waals surface area contributed by atoms with Gasteiger partial charge in [-0.05, 0) is 13.8 Å². The van der Waals surface area contributed by atoms with Crippen LogP contribution in [0.3, 0.4) is 0 Å². The topological polar surface area (TPSA) is 59.9 Å². The van der Waals surface area contributed by atoms with Crippen LogP contribution in [-0.2, 0) is 0 Å². The Morgan fingerprint density at radius 1 is 0.917 bits per heavy atom. The molecule has 0 unspecified atom stereocenters. The second-order valence-corrected chi connectivity index (χ2v) is 2.40. The van der Waals surface area contributed by atoms with E-state index in [9.17, 15) is 9.59 Å². The highest BCUT2D eigenvalue weighted by atomic mass is 16.1. The minimum Gasteiger partial charge on any atom is -0.296 e. The molecule has 0 saturated heterocycles. The molecule has 62 valence electrons.